The Kier molecular flexibility index (Phi) is 5.26. The molecule has 3 rings (SSSR count). The van der Waals surface area contributed by atoms with Gasteiger partial charge < -0.3 is 15.7 Å². The summed E-state index contributed by atoms with van der Waals surface area (Å²) in [6.07, 6.45) is 0. The molecule has 1 aliphatic carbocycles. The van der Waals surface area contributed by atoms with Crippen LogP contribution in [0.1, 0.15) is 40.1 Å². The van der Waals surface area contributed by atoms with Gasteiger partial charge >= 0.3 is 5.97 Å². The average molecular weight is 380 g/mol. The number of carboxylic acid groups (broad SMARTS) is 1. The van der Waals surface area contributed by atoms with Crippen molar-refractivity contribution in [2.24, 2.45) is 5.92 Å². The number of nitrogens with one attached hydrogen (secondary N) is 2. The largest absolute Gasteiger partial charge is 0.480 e. The van der Waals surface area contributed by atoms with E-state index in [1.54, 1.807) is 56.3 Å². The maximum atomic E-state index is 13.0. The summed E-state index contributed by atoms with van der Waals surface area (Å²) in [4.78, 5) is 48.5. The van der Waals surface area contributed by atoms with E-state index in [2.05, 4.69) is 10.6 Å². The smallest absolute Gasteiger partial charge is 0.322 e. The molecular weight excluding hydrogens is 360 g/mol. The van der Waals surface area contributed by atoms with Crippen LogP contribution in [0.5, 0.6) is 0 Å². The summed E-state index contributed by atoms with van der Waals surface area (Å²) in [7, 11) is 0. The Morgan fingerprint density at radius 2 is 1.61 bits per heavy atom. The fourth-order valence-electron chi connectivity index (χ4n) is 3.29. The Morgan fingerprint density at radius 3 is 2.25 bits per heavy atom. The van der Waals surface area contributed by atoms with E-state index in [9.17, 15) is 19.2 Å². The Hall–Kier alpha value is -3.48. The minimum Gasteiger partial charge on any atom is -0.480 e. The zero-order valence-electron chi connectivity index (χ0n) is 15.5. The highest BCUT2D eigenvalue weighted by atomic mass is 16.4. The standard InChI is InChI=1S/C21H20N2O5/c1-11(2)18(21(28)22-10-16(24)25)23-20(27)15-9-5-8-14-17(15)12-6-3-4-7-13(12)19(14)26/h3-9,11,18H,10H2,1-2H3,(H,22,28)(H,23,27)(H,24,25). The number of hydrogen-bond donors (Lipinski definition) is 3. The number of carboxylic acids is 1. The summed E-state index contributed by atoms with van der Waals surface area (Å²) in [5, 5.41) is 13.7. The van der Waals surface area contributed by atoms with Crippen LogP contribution in [0, 0.1) is 5.92 Å². The molecule has 0 fully saturated rings. The van der Waals surface area contributed by atoms with Crippen molar-refractivity contribution < 1.29 is 24.3 Å². The zero-order valence-corrected chi connectivity index (χ0v) is 15.5. The number of carbonyl (C=O) groups excluding carboxylic acids is 3. The van der Waals surface area contributed by atoms with Crippen LogP contribution >= 0.6 is 0 Å². The van der Waals surface area contributed by atoms with E-state index >= 15 is 0 Å². The summed E-state index contributed by atoms with van der Waals surface area (Å²) in [5.74, 6) is -2.64. The first-order valence-electron chi connectivity index (χ1n) is 8.88. The van der Waals surface area contributed by atoms with Crippen molar-refractivity contribution >= 4 is 23.6 Å². The van der Waals surface area contributed by atoms with Gasteiger partial charge in [0.1, 0.15) is 12.6 Å². The van der Waals surface area contributed by atoms with Gasteiger partial charge in [-0.3, -0.25) is 19.2 Å². The van der Waals surface area contributed by atoms with Crippen LogP contribution in [-0.4, -0.2) is 41.3 Å². The summed E-state index contributed by atoms with van der Waals surface area (Å²) >= 11 is 0. The third-order valence-corrected chi connectivity index (χ3v) is 4.64. The maximum Gasteiger partial charge on any atom is 0.322 e. The van der Waals surface area contributed by atoms with Crippen LogP contribution in [0.2, 0.25) is 0 Å². The minimum atomic E-state index is -1.17. The van der Waals surface area contributed by atoms with Gasteiger partial charge in [-0.25, -0.2) is 0 Å². The second kappa shape index (κ2) is 7.64. The summed E-state index contributed by atoms with van der Waals surface area (Å²) in [6, 6.07) is 11.1. The Balaban J connectivity index is 1.91. The first-order valence-corrected chi connectivity index (χ1v) is 8.88. The van der Waals surface area contributed by atoms with Gasteiger partial charge in [0.15, 0.2) is 5.78 Å². The highest BCUT2D eigenvalue weighted by molar-refractivity contribution is 6.24. The monoisotopic (exact) mass is 380 g/mol. The van der Waals surface area contributed by atoms with Gasteiger partial charge in [-0.05, 0) is 17.5 Å². The number of rotatable bonds is 6. The molecule has 2 aromatic carbocycles. The fourth-order valence-corrected chi connectivity index (χ4v) is 3.29. The molecule has 28 heavy (non-hydrogen) atoms. The number of benzene rings is 2. The van der Waals surface area contributed by atoms with E-state index in [0.717, 1.165) is 0 Å². The van der Waals surface area contributed by atoms with Crippen LogP contribution in [0.3, 0.4) is 0 Å². The summed E-state index contributed by atoms with van der Waals surface area (Å²) in [5.41, 5.74) is 2.52. The molecule has 2 aromatic rings. The first-order chi connectivity index (χ1) is 13.3. The molecule has 1 aliphatic rings. The molecule has 0 radical (unpaired) electrons. The molecule has 0 saturated carbocycles. The fraction of sp³-hybridized carbons (Fsp3) is 0.238. The third-order valence-electron chi connectivity index (χ3n) is 4.64. The quantitative estimate of drug-likeness (QED) is 0.604. The molecule has 0 heterocycles. The van der Waals surface area contributed by atoms with E-state index < -0.39 is 30.4 Å². The number of aliphatic carboxylic acids is 1. The zero-order chi connectivity index (χ0) is 20.4. The SMILES string of the molecule is CC(C)C(NC(=O)c1cccc2c1-c1ccccc1C2=O)C(=O)NCC(=O)O. The predicted octanol–water partition coefficient (Wildman–Crippen LogP) is 1.85. The Labute approximate surface area is 161 Å². The second-order valence-corrected chi connectivity index (χ2v) is 6.91. The summed E-state index contributed by atoms with van der Waals surface area (Å²) in [6.45, 7) is 2.97. The Bertz CT molecular complexity index is 981. The maximum absolute atomic E-state index is 13.0. The topological polar surface area (TPSA) is 113 Å². The van der Waals surface area contributed by atoms with Crippen LogP contribution in [0.4, 0.5) is 0 Å². The summed E-state index contributed by atoms with van der Waals surface area (Å²) < 4.78 is 0. The molecule has 3 N–H and O–H groups in total. The lowest BCUT2D eigenvalue weighted by molar-refractivity contribution is -0.138. The van der Waals surface area contributed by atoms with Gasteiger partial charge in [-0.2, -0.15) is 0 Å². The highest BCUT2D eigenvalue weighted by Crippen LogP contribution is 2.38. The van der Waals surface area contributed by atoms with Crippen LogP contribution in [0.15, 0.2) is 42.5 Å². The lowest BCUT2D eigenvalue weighted by Gasteiger charge is -2.22. The molecule has 0 saturated heterocycles. The van der Waals surface area contributed by atoms with Crippen molar-refractivity contribution in [3.05, 3.63) is 59.2 Å². The van der Waals surface area contributed by atoms with E-state index in [1.165, 1.54) is 0 Å². The third kappa shape index (κ3) is 3.51. The number of hydrogen-bond acceptors (Lipinski definition) is 4. The lowest BCUT2D eigenvalue weighted by atomic mass is 9.97. The molecule has 0 spiro atoms. The van der Waals surface area contributed by atoms with Crippen molar-refractivity contribution in [1.29, 1.82) is 0 Å². The number of carbonyl (C=O) groups is 4. The molecule has 7 heteroatoms. The molecule has 144 valence electrons. The van der Waals surface area contributed by atoms with E-state index in [0.29, 0.717) is 27.8 Å². The van der Waals surface area contributed by atoms with Crippen molar-refractivity contribution in [2.75, 3.05) is 6.54 Å². The molecular formula is C21H20N2O5. The van der Waals surface area contributed by atoms with Crippen LogP contribution < -0.4 is 10.6 Å². The van der Waals surface area contributed by atoms with Gasteiger partial charge in [0.25, 0.3) is 5.91 Å². The van der Waals surface area contributed by atoms with Crippen molar-refractivity contribution in [3.8, 4) is 11.1 Å². The average Bonchev–Trinajstić information content (AvgIpc) is 2.96. The number of ketones is 1. The molecule has 0 bridgehead atoms. The molecule has 7 nitrogen and oxygen atoms in total. The number of amides is 2. The van der Waals surface area contributed by atoms with Crippen molar-refractivity contribution in [3.63, 3.8) is 0 Å². The van der Waals surface area contributed by atoms with Crippen LogP contribution in [0.25, 0.3) is 11.1 Å². The molecule has 0 aromatic heterocycles. The molecule has 0 aliphatic heterocycles. The van der Waals surface area contributed by atoms with Gasteiger partial charge in [-0.1, -0.05) is 50.2 Å². The first kappa shape index (κ1) is 19.3. The number of fused-ring (bicyclic) bond motifs is 3. The molecule has 1 unspecified atom stereocenters. The Morgan fingerprint density at radius 1 is 0.964 bits per heavy atom. The normalized spacial score (nSPS) is 12.9. The van der Waals surface area contributed by atoms with Crippen LogP contribution in [-0.2, 0) is 9.59 Å². The van der Waals surface area contributed by atoms with Gasteiger partial charge in [0, 0.05) is 22.3 Å². The van der Waals surface area contributed by atoms with Crippen molar-refractivity contribution in [2.45, 2.75) is 19.9 Å². The second-order valence-electron chi connectivity index (χ2n) is 6.91. The van der Waals surface area contributed by atoms with E-state index in [1.807, 2.05) is 0 Å². The van der Waals surface area contributed by atoms with Crippen molar-refractivity contribution in [1.82, 2.24) is 10.6 Å². The van der Waals surface area contributed by atoms with Gasteiger partial charge in [-0.15, -0.1) is 0 Å². The predicted molar refractivity (Wildman–Crippen MR) is 102 cm³/mol. The molecule has 1 atom stereocenters. The highest BCUT2D eigenvalue weighted by Gasteiger charge is 2.32. The molecule has 2 amide bonds. The van der Waals surface area contributed by atoms with E-state index in [4.69, 9.17) is 5.11 Å². The van der Waals surface area contributed by atoms with Gasteiger partial charge in [0.05, 0.1) is 0 Å². The lowest BCUT2D eigenvalue weighted by Crippen LogP contribution is -2.50. The minimum absolute atomic E-state index is 0.139. The van der Waals surface area contributed by atoms with E-state index in [-0.39, 0.29) is 11.7 Å². The van der Waals surface area contributed by atoms with Gasteiger partial charge in [0.2, 0.25) is 5.91 Å².